The van der Waals surface area contributed by atoms with E-state index < -0.39 is 0 Å². The second-order valence-corrected chi connectivity index (χ2v) is 4.76. The monoisotopic (exact) mass is 259 g/mol. The first-order valence-electron chi connectivity index (χ1n) is 6.09. The van der Waals surface area contributed by atoms with E-state index in [4.69, 9.17) is 10.00 Å². The molecule has 1 N–H and O–H groups in total. The minimum absolute atomic E-state index is 0.0821. The maximum atomic E-state index is 11.1. The number of nitriles is 1. The Balaban J connectivity index is 1.79. The van der Waals surface area contributed by atoms with Gasteiger partial charge >= 0.3 is 0 Å². The van der Waals surface area contributed by atoms with Crippen LogP contribution in [-0.4, -0.2) is 47.7 Å². The predicted octanol–water partition coefficient (Wildman–Crippen LogP) is -0.556. The van der Waals surface area contributed by atoms with E-state index in [0.29, 0.717) is 24.6 Å². The first-order chi connectivity index (χ1) is 9.22. The van der Waals surface area contributed by atoms with Gasteiger partial charge in [0, 0.05) is 25.5 Å². The van der Waals surface area contributed by atoms with Gasteiger partial charge in [0.25, 0.3) is 0 Å². The summed E-state index contributed by atoms with van der Waals surface area (Å²) in [5.41, 5.74) is -0.0441. The highest BCUT2D eigenvalue weighted by Gasteiger charge is 2.43. The normalized spacial score (nSPS) is 26.3. The number of anilines is 1. The lowest BCUT2D eigenvalue weighted by Gasteiger charge is -2.33. The molecule has 2 aliphatic rings. The lowest BCUT2D eigenvalue weighted by atomic mass is 10.0. The van der Waals surface area contributed by atoms with Gasteiger partial charge in [-0.05, 0) is 6.42 Å². The number of nitrogens with one attached hydrogen (secondary N) is 1. The molecule has 2 fully saturated rings. The maximum absolute atomic E-state index is 11.1. The molecule has 0 aliphatic carbocycles. The van der Waals surface area contributed by atoms with E-state index in [1.54, 1.807) is 6.20 Å². The molecule has 2 saturated heterocycles. The maximum Gasteiger partial charge on any atom is 0.246 e. The zero-order chi connectivity index (χ0) is 13.3. The van der Waals surface area contributed by atoms with Crippen molar-refractivity contribution in [3.63, 3.8) is 0 Å². The van der Waals surface area contributed by atoms with Crippen LogP contribution in [0.25, 0.3) is 0 Å². The van der Waals surface area contributed by atoms with Crippen LogP contribution in [0.15, 0.2) is 12.4 Å². The number of hydrogen-bond acceptors (Lipinski definition) is 6. The van der Waals surface area contributed by atoms with E-state index >= 15 is 0 Å². The topological polar surface area (TPSA) is 91.1 Å². The molecule has 7 heteroatoms. The van der Waals surface area contributed by atoms with Crippen molar-refractivity contribution in [3.8, 4) is 6.07 Å². The van der Waals surface area contributed by atoms with Crippen LogP contribution in [0.4, 0.5) is 5.82 Å². The van der Waals surface area contributed by atoms with E-state index in [0.717, 1.165) is 13.0 Å². The molecule has 98 valence electrons. The number of rotatable bonds is 1. The van der Waals surface area contributed by atoms with Crippen molar-refractivity contribution in [2.75, 3.05) is 31.1 Å². The number of carbonyl (C=O) groups excluding carboxylic acids is 1. The highest BCUT2D eigenvalue weighted by molar-refractivity contribution is 5.78. The van der Waals surface area contributed by atoms with E-state index in [1.165, 1.54) is 6.20 Å². The molecule has 3 rings (SSSR count). The first-order valence-corrected chi connectivity index (χ1v) is 6.09. The third kappa shape index (κ3) is 2.11. The Labute approximate surface area is 110 Å². The largest absolute Gasteiger partial charge is 0.361 e. The second kappa shape index (κ2) is 4.48. The van der Waals surface area contributed by atoms with Gasteiger partial charge in [0.15, 0.2) is 11.5 Å². The standard InChI is InChI=1S/C12H13N5O2/c13-5-9-11(15-3-2-14-9)17-4-1-12(8-17)7-16-10(18)6-19-12/h2-3H,1,4,6-8H2,(H,16,18). The van der Waals surface area contributed by atoms with Crippen molar-refractivity contribution in [1.82, 2.24) is 15.3 Å². The molecule has 2 aliphatic heterocycles. The Morgan fingerprint density at radius 3 is 3.05 bits per heavy atom. The smallest absolute Gasteiger partial charge is 0.246 e. The molecular formula is C12H13N5O2. The Bertz CT molecular complexity index is 543. The van der Waals surface area contributed by atoms with Gasteiger partial charge in [-0.2, -0.15) is 5.26 Å². The summed E-state index contributed by atoms with van der Waals surface area (Å²) < 4.78 is 5.68. The van der Waals surface area contributed by atoms with Crippen molar-refractivity contribution in [2.24, 2.45) is 0 Å². The minimum Gasteiger partial charge on any atom is -0.361 e. The molecule has 3 heterocycles. The Morgan fingerprint density at radius 2 is 2.32 bits per heavy atom. The summed E-state index contributed by atoms with van der Waals surface area (Å²) in [7, 11) is 0. The molecule has 19 heavy (non-hydrogen) atoms. The molecule has 1 unspecified atom stereocenters. The molecule has 1 aromatic heterocycles. The quantitative estimate of drug-likeness (QED) is 0.727. The number of morpholine rings is 1. The fraction of sp³-hybridized carbons (Fsp3) is 0.500. The van der Waals surface area contributed by atoms with Crippen LogP contribution >= 0.6 is 0 Å². The molecular weight excluding hydrogens is 246 g/mol. The minimum atomic E-state index is -0.363. The Morgan fingerprint density at radius 1 is 1.47 bits per heavy atom. The summed E-state index contributed by atoms with van der Waals surface area (Å²) in [6, 6.07) is 2.05. The molecule has 1 atom stereocenters. The van der Waals surface area contributed by atoms with Gasteiger partial charge in [-0.1, -0.05) is 0 Å². The van der Waals surface area contributed by atoms with Crippen LogP contribution < -0.4 is 10.2 Å². The number of ether oxygens (including phenoxy) is 1. The van der Waals surface area contributed by atoms with Gasteiger partial charge < -0.3 is 15.0 Å². The number of hydrogen-bond donors (Lipinski definition) is 1. The number of carbonyl (C=O) groups is 1. The molecule has 0 bridgehead atoms. The summed E-state index contributed by atoms with van der Waals surface area (Å²) >= 11 is 0. The van der Waals surface area contributed by atoms with Crippen LogP contribution in [0, 0.1) is 11.3 Å². The van der Waals surface area contributed by atoms with Crippen LogP contribution in [0.2, 0.25) is 0 Å². The zero-order valence-corrected chi connectivity index (χ0v) is 10.3. The summed E-state index contributed by atoms with van der Waals surface area (Å²) in [6.45, 7) is 1.95. The SMILES string of the molecule is N#Cc1nccnc1N1CCC2(CNC(=O)CO2)C1. The first kappa shape index (κ1) is 11.9. The summed E-state index contributed by atoms with van der Waals surface area (Å²) in [6.07, 6.45) is 3.88. The van der Waals surface area contributed by atoms with Gasteiger partial charge in [-0.15, -0.1) is 0 Å². The van der Waals surface area contributed by atoms with Crippen LogP contribution in [-0.2, 0) is 9.53 Å². The third-order valence-corrected chi connectivity index (χ3v) is 3.52. The van der Waals surface area contributed by atoms with Gasteiger partial charge in [-0.25, -0.2) is 9.97 Å². The highest BCUT2D eigenvalue weighted by atomic mass is 16.5. The van der Waals surface area contributed by atoms with E-state index in [2.05, 4.69) is 15.3 Å². The van der Waals surface area contributed by atoms with E-state index in [-0.39, 0.29) is 18.1 Å². The molecule has 0 aromatic carbocycles. The lowest BCUT2D eigenvalue weighted by molar-refractivity contribution is -0.141. The molecule has 1 spiro atoms. The average Bonchev–Trinajstić information content (AvgIpc) is 2.86. The van der Waals surface area contributed by atoms with E-state index in [1.807, 2.05) is 11.0 Å². The lowest BCUT2D eigenvalue weighted by Crippen LogP contribution is -2.53. The molecule has 7 nitrogen and oxygen atoms in total. The second-order valence-electron chi connectivity index (χ2n) is 4.76. The summed E-state index contributed by atoms with van der Waals surface area (Å²) in [5, 5.41) is 11.9. The fourth-order valence-corrected chi connectivity index (χ4v) is 2.51. The number of nitrogens with zero attached hydrogens (tertiary/aromatic N) is 4. The van der Waals surface area contributed by atoms with Gasteiger partial charge in [0.1, 0.15) is 18.3 Å². The van der Waals surface area contributed by atoms with Crippen molar-refractivity contribution < 1.29 is 9.53 Å². The summed E-state index contributed by atoms with van der Waals surface area (Å²) in [5.74, 6) is 0.503. The predicted molar refractivity (Wildman–Crippen MR) is 65.3 cm³/mol. The van der Waals surface area contributed by atoms with Crippen molar-refractivity contribution in [1.29, 1.82) is 5.26 Å². The van der Waals surface area contributed by atoms with Gasteiger partial charge in [0.05, 0.1) is 6.54 Å². The van der Waals surface area contributed by atoms with Gasteiger partial charge in [0.2, 0.25) is 5.91 Å². The van der Waals surface area contributed by atoms with Gasteiger partial charge in [-0.3, -0.25) is 4.79 Å². The van der Waals surface area contributed by atoms with E-state index in [9.17, 15) is 4.79 Å². The van der Waals surface area contributed by atoms with Crippen molar-refractivity contribution in [3.05, 3.63) is 18.1 Å². The average molecular weight is 259 g/mol. The molecule has 1 amide bonds. The summed E-state index contributed by atoms with van der Waals surface area (Å²) in [4.78, 5) is 21.4. The van der Waals surface area contributed by atoms with Crippen molar-refractivity contribution in [2.45, 2.75) is 12.0 Å². The van der Waals surface area contributed by atoms with Crippen LogP contribution in [0.5, 0.6) is 0 Å². The molecule has 0 radical (unpaired) electrons. The number of aromatic nitrogens is 2. The molecule has 0 saturated carbocycles. The highest BCUT2D eigenvalue weighted by Crippen LogP contribution is 2.30. The Kier molecular flexibility index (Phi) is 2.80. The Hall–Kier alpha value is -2.20. The van der Waals surface area contributed by atoms with Crippen LogP contribution in [0.3, 0.4) is 0 Å². The fourth-order valence-electron chi connectivity index (χ4n) is 2.51. The van der Waals surface area contributed by atoms with Crippen molar-refractivity contribution >= 4 is 11.7 Å². The zero-order valence-electron chi connectivity index (χ0n) is 10.3. The molecule has 1 aromatic rings. The third-order valence-electron chi connectivity index (χ3n) is 3.52. The number of amides is 1. The van der Waals surface area contributed by atoms with Crippen LogP contribution in [0.1, 0.15) is 12.1 Å².